The Bertz CT molecular complexity index is 311. The van der Waals surface area contributed by atoms with Crippen LogP contribution in [0.25, 0.3) is 0 Å². The normalized spacial score (nSPS) is 16.8. The summed E-state index contributed by atoms with van der Waals surface area (Å²) in [5.41, 5.74) is 0. The molecule has 0 bridgehead atoms. The molecule has 126 valence electrons. The van der Waals surface area contributed by atoms with Crippen molar-refractivity contribution in [3.05, 3.63) is 0 Å². The highest BCUT2D eigenvalue weighted by Gasteiger charge is 2.27. The van der Waals surface area contributed by atoms with Crippen LogP contribution < -0.4 is 0 Å². The minimum atomic E-state index is -1.77. The third kappa shape index (κ3) is 9.71. The summed E-state index contributed by atoms with van der Waals surface area (Å²) in [7, 11) is 2.27. The average molecular weight is 334 g/mol. The zero-order valence-corrected chi connectivity index (χ0v) is 16.9. The van der Waals surface area contributed by atoms with E-state index in [4.69, 9.17) is 4.43 Å². The Morgan fingerprint density at radius 2 is 1.86 bits per heavy atom. The Hall–Kier alpha value is 0.157. The molecule has 0 fully saturated rings. The maximum Gasteiger partial charge on any atom is 0.189 e. The van der Waals surface area contributed by atoms with Gasteiger partial charge in [-0.3, -0.25) is 9.69 Å². The van der Waals surface area contributed by atoms with Crippen LogP contribution in [0, 0.1) is 5.92 Å². The fourth-order valence-corrected chi connectivity index (χ4v) is 4.74. The predicted molar refractivity (Wildman–Crippen MR) is 97.6 cm³/mol. The number of carbonyl (C=O) groups is 1. The Balaban J connectivity index is 4.17. The SMILES string of the molecule is CCCC(S)C(C)CC(=O)CC[Si](C)(C)OC(C)N(C)C. The second-order valence-electron chi connectivity index (χ2n) is 7.02. The monoisotopic (exact) mass is 333 g/mol. The molecule has 3 nitrogen and oxygen atoms in total. The minimum absolute atomic E-state index is 0.118. The smallest absolute Gasteiger partial charge is 0.189 e. The first kappa shape index (κ1) is 21.2. The Kier molecular flexibility index (Phi) is 10.1. The molecule has 0 heterocycles. The van der Waals surface area contributed by atoms with Crippen LogP contribution in [0.5, 0.6) is 0 Å². The molecule has 0 rings (SSSR count). The number of hydrogen-bond acceptors (Lipinski definition) is 4. The van der Waals surface area contributed by atoms with Crippen molar-refractivity contribution >= 4 is 26.7 Å². The largest absolute Gasteiger partial charge is 0.402 e. The Morgan fingerprint density at radius 1 is 1.29 bits per heavy atom. The zero-order chi connectivity index (χ0) is 16.6. The highest BCUT2D eigenvalue weighted by atomic mass is 32.1. The van der Waals surface area contributed by atoms with Crippen LogP contribution in [0.2, 0.25) is 19.1 Å². The highest BCUT2D eigenvalue weighted by molar-refractivity contribution is 7.81. The van der Waals surface area contributed by atoms with Crippen molar-refractivity contribution in [2.75, 3.05) is 14.1 Å². The Labute approximate surface area is 138 Å². The maximum atomic E-state index is 12.2. The zero-order valence-electron chi connectivity index (χ0n) is 15.0. The summed E-state index contributed by atoms with van der Waals surface area (Å²) in [6, 6.07) is 0.905. The summed E-state index contributed by atoms with van der Waals surface area (Å²) in [5, 5.41) is 0.342. The molecule has 0 aliphatic carbocycles. The van der Waals surface area contributed by atoms with Gasteiger partial charge in [0.2, 0.25) is 0 Å². The van der Waals surface area contributed by atoms with Gasteiger partial charge in [-0.15, -0.1) is 0 Å². The summed E-state index contributed by atoms with van der Waals surface area (Å²) in [6.07, 6.45) is 3.63. The van der Waals surface area contributed by atoms with Gasteiger partial charge in [0.25, 0.3) is 0 Å². The highest BCUT2D eigenvalue weighted by Crippen LogP contribution is 2.22. The van der Waals surface area contributed by atoms with Gasteiger partial charge in [0.05, 0.1) is 6.23 Å². The van der Waals surface area contributed by atoms with Crippen LogP contribution >= 0.6 is 12.6 Å². The van der Waals surface area contributed by atoms with Crippen molar-refractivity contribution in [1.82, 2.24) is 4.90 Å². The molecule has 0 spiro atoms. The maximum absolute atomic E-state index is 12.2. The minimum Gasteiger partial charge on any atom is -0.402 e. The average Bonchev–Trinajstić information content (AvgIpc) is 2.36. The van der Waals surface area contributed by atoms with Gasteiger partial charge in [-0.25, -0.2) is 0 Å². The lowest BCUT2D eigenvalue weighted by Crippen LogP contribution is -2.40. The van der Waals surface area contributed by atoms with Crippen molar-refractivity contribution in [1.29, 1.82) is 0 Å². The molecule has 3 unspecified atom stereocenters. The fraction of sp³-hybridized carbons (Fsp3) is 0.938. The van der Waals surface area contributed by atoms with E-state index in [2.05, 4.69) is 51.4 Å². The van der Waals surface area contributed by atoms with Gasteiger partial charge in [0.1, 0.15) is 5.78 Å². The van der Waals surface area contributed by atoms with Crippen molar-refractivity contribution in [2.45, 2.75) is 77.1 Å². The van der Waals surface area contributed by atoms with E-state index in [0.29, 0.717) is 29.8 Å². The number of rotatable bonds is 11. The van der Waals surface area contributed by atoms with E-state index in [1.165, 1.54) is 0 Å². The van der Waals surface area contributed by atoms with Crippen LogP contribution in [-0.2, 0) is 9.22 Å². The van der Waals surface area contributed by atoms with Crippen LogP contribution in [0.15, 0.2) is 0 Å². The van der Waals surface area contributed by atoms with Crippen molar-refractivity contribution in [3.8, 4) is 0 Å². The van der Waals surface area contributed by atoms with Crippen LogP contribution in [-0.4, -0.2) is 44.6 Å². The van der Waals surface area contributed by atoms with Gasteiger partial charge >= 0.3 is 0 Å². The van der Waals surface area contributed by atoms with Gasteiger partial charge in [0.15, 0.2) is 8.32 Å². The molecule has 0 aliphatic rings. The van der Waals surface area contributed by atoms with E-state index in [1.54, 1.807) is 0 Å². The van der Waals surface area contributed by atoms with E-state index in [-0.39, 0.29) is 6.23 Å². The molecule has 0 N–H and O–H groups in total. The van der Waals surface area contributed by atoms with Gasteiger partial charge in [-0.05, 0) is 52.5 Å². The van der Waals surface area contributed by atoms with E-state index < -0.39 is 8.32 Å². The predicted octanol–water partition coefficient (Wildman–Crippen LogP) is 4.20. The third-order valence-corrected chi connectivity index (χ3v) is 7.21. The molecule has 0 saturated carbocycles. The second-order valence-corrected chi connectivity index (χ2v) is 11.9. The molecule has 3 atom stereocenters. The fourth-order valence-electron chi connectivity index (χ4n) is 2.24. The molecule has 0 aromatic rings. The van der Waals surface area contributed by atoms with Crippen molar-refractivity contribution < 1.29 is 9.22 Å². The lowest BCUT2D eigenvalue weighted by atomic mass is 9.97. The van der Waals surface area contributed by atoms with Gasteiger partial charge < -0.3 is 4.43 Å². The number of nitrogens with zero attached hydrogens (tertiary/aromatic N) is 1. The van der Waals surface area contributed by atoms with E-state index >= 15 is 0 Å². The van der Waals surface area contributed by atoms with Crippen molar-refractivity contribution in [3.63, 3.8) is 0 Å². The first-order valence-corrected chi connectivity index (χ1v) is 11.8. The summed E-state index contributed by atoms with van der Waals surface area (Å²) in [4.78, 5) is 14.2. The number of carbonyl (C=O) groups excluding carboxylic acids is 1. The van der Waals surface area contributed by atoms with E-state index in [9.17, 15) is 4.79 Å². The molecule has 0 amide bonds. The third-order valence-electron chi connectivity index (χ3n) is 4.01. The van der Waals surface area contributed by atoms with E-state index in [0.717, 1.165) is 18.9 Å². The van der Waals surface area contributed by atoms with Crippen LogP contribution in [0.1, 0.15) is 46.5 Å². The molecular formula is C16H35NO2SSi. The first-order chi connectivity index (χ1) is 9.59. The van der Waals surface area contributed by atoms with Gasteiger partial charge in [-0.2, -0.15) is 12.6 Å². The topological polar surface area (TPSA) is 29.5 Å². The van der Waals surface area contributed by atoms with Crippen LogP contribution in [0.4, 0.5) is 0 Å². The quantitative estimate of drug-likeness (QED) is 0.349. The molecule has 0 aliphatic heterocycles. The summed E-state index contributed by atoms with van der Waals surface area (Å²) in [5.74, 6) is 0.728. The van der Waals surface area contributed by atoms with Gasteiger partial charge in [0, 0.05) is 18.1 Å². The molecule has 0 aromatic heterocycles. The number of Topliss-reactive ketones (excluding diaryl/α,β-unsaturated/α-hetero) is 1. The molecule has 21 heavy (non-hydrogen) atoms. The number of hydrogen-bond donors (Lipinski definition) is 1. The lowest BCUT2D eigenvalue weighted by Gasteiger charge is -2.31. The summed E-state index contributed by atoms with van der Waals surface area (Å²) < 4.78 is 6.14. The summed E-state index contributed by atoms with van der Waals surface area (Å²) in [6.45, 7) is 10.8. The number of ketones is 1. The summed E-state index contributed by atoms with van der Waals surface area (Å²) >= 11 is 4.60. The molecular weight excluding hydrogens is 298 g/mol. The van der Waals surface area contributed by atoms with Crippen molar-refractivity contribution in [2.24, 2.45) is 5.92 Å². The second kappa shape index (κ2) is 10.0. The first-order valence-electron chi connectivity index (χ1n) is 8.13. The van der Waals surface area contributed by atoms with Crippen LogP contribution in [0.3, 0.4) is 0 Å². The standard InChI is InChI=1S/C16H35NO2SSi/c1-8-9-16(20)13(2)12-15(18)10-11-21(6,7)19-14(3)17(4)5/h13-14,16,20H,8-12H2,1-7H3. The lowest BCUT2D eigenvalue weighted by molar-refractivity contribution is -0.119. The van der Waals surface area contributed by atoms with Gasteiger partial charge in [-0.1, -0.05) is 20.3 Å². The molecule has 5 heteroatoms. The molecule has 0 radical (unpaired) electrons. The molecule has 0 aromatic carbocycles. The molecule has 0 saturated heterocycles. The van der Waals surface area contributed by atoms with E-state index in [1.807, 2.05) is 14.1 Å². The number of thiol groups is 1. The Morgan fingerprint density at radius 3 is 2.33 bits per heavy atom.